The third kappa shape index (κ3) is 4.03. The minimum absolute atomic E-state index is 0.0299. The first-order valence-electron chi connectivity index (χ1n) is 5.80. The molecule has 0 unspecified atom stereocenters. The van der Waals surface area contributed by atoms with Gasteiger partial charge in [0.1, 0.15) is 5.82 Å². The van der Waals surface area contributed by atoms with Crippen molar-refractivity contribution in [2.24, 2.45) is 0 Å². The first kappa shape index (κ1) is 13.4. The second-order valence-electron chi connectivity index (χ2n) is 3.84. The van der Waals surface area contributed by atoms with Crippen LogP contribution in [-0.2, 0) is 0 Å². The summed E-state index contributed by atoms with van der Waals surface area (Å²) in [6.45, 7) is 3.04. The van der Waals surface area contributed by atoms with Crippen molar-refractivity contribution < 1.29 is 9.90 Å². The second-order valence-corrected chi connectivity index (χ2v) is 3.84. The van der Waals surface area contributed by atoms with Crippen molar-refractivity contribution in [3.05, 3.63) is 23.9 Å². The van der Waals surface area contributed by atoms with Crippen LogP contribution in [0.15, 0.2) is 18.3 Å². The number of unbranched alkanes of at least 4 members (excludes halogenated alkanes) is 1. The summed E-state index contributed by atoms with van der Waals surface area (Å²) >= 11 is 0. The van der Waals surface area contributed by atoms with Crippen molar-refractivity contribution >= 4 is 11.7 Å². The fourth-order valence-electron chi connectivity index (χ4n) is 1.50. The van der Waals surface area contributed by atoms with E-state index in [9.17, 15) is 4.79 Å². The van der Waals surface area contributed by atoms with Gasteiger partial charge in [-0.15, -0.1) is 0 Å². The molecule has 0 aromatic carbocycles. The number of hydrogen-bond donors (Lipinski definition) is 2. The average molecular weight is 237 g/mol. The average Bonchev–Trinajstić information content (AvgIpc) is 2.34. The fraction of sp³-hybridized carbons (Fsp3) is 0.500. The van der Waals surface area contributed by atoms with Gasteiger partial charge in [0, 0.05) is 19.3 Å². The molecular formula is C12H19N3O2. The van der Waals surface area contributed by atoms with E-state index < -0.39 is 0 Å². The number of nitrogen functional groups attached to an aromatic ring is 1. The Bertz CT molecular complexity index is 351. The highest BCUT2D eigenvalue weighted by atomic mass is 16.3. The summed E-state index contributed by atoms with van der Waals surface area (Å²) in [4.78, 5) is 17.6. The Morgan fingerprint density at radius 1 is 1.47 bits per heavy atom. The number of rotatable bonds is 6. The van der Waals surface area contributed by atoms with Crippen molar-refractivity contribution in [2.45, 2.75) is 19.8 Å². The molecule has 0 radical (unpaired) electrons. The maximum Gasteiger partial charge on any atom is 0.255 e. The van der Waals surface area contributed by atoms with Crippen LogP contribution in [0.2, 0.25) is 0 Å². The van der Waals surface area contributed by atoms with Gasteiger partial charge in [0.25, 0.3) is 5.91 Å². The fourth-order valence-corrected chi connectivity index (χ4v) is 1.50. The monoisotopic (exact) mass is 237 g/mol. The standard InChI is InChI=1S/C12H19N3O2/c1-2-3-6-15(7-8-16)12(17)10-4-5-11(13)14-9-10/h4-5,9,16H,2-3,6-8H2,1H3,(H2,13,14). The first-order valence-corrected chi connectivity index (χ1v) is 5.80. The molecule has 0 saturated carbocycles. The van der Waals surface area contributed by atoms with Crippen molar-refractivity contribution in [3.8, 4) is 0 Å². The van der Waals surface area contributed by atoms with Crippen LogP contribution in [0.25, 0.3) is 0 Å². The largest absolute Gasteiger partial charge is 0.395 e. The van der Waals surface area contributed by atoms with E-state index in [-0.39, 0.29) is 12.5 Å². The maximum atomic E-state index is 12.1. The Morgan fingerprint density at radius 3 is 2.76 bits per heavy atom. The Hall–Kier alpha value is -1.62. The normalized spacial score (nSPS) is 10.2. The first-order chi connectivity index (χ1) is 8.19. The Balaban J connectivity index is 2.72. The summed E-state index contributed by atoms with van der Waals surface area (Å²) in [7, 11) is 0. The lowest BCUT2D eigenvalue weighted by Crippen LogP contribution is -2.34. The third-order valence-electron chi connectivity index (χ3n) is 2.47. The minimum atomic E-state index is -0.111. The van der Waals surface area contributed by atoms with E-state index in [2.05, 4.69) is 11.9 Å². The van der Waals surface area contributed by atoms with E-state index in [1.54, 1.807) is 17.0 Å². The number of nitrogens with two attached hydrogens (primary N) is 1. The van der Waals surface area contributed by atoms with Crippen molar-refractivity contribution in [2.75, 3.05) is 25.4 Å². The van der Waals surface area contributed by atoms with Gasteiger partial charge in [0.2, 0.25) is 0 Å². The Labute approximate surface area is 101 Å². The summed E-state index contributed by atoms with van der Waals surface area (Å²) in [6.07, 6.45) is 3.40. The number of aliphatic hydroxyl groups excluding tert-OH is 1. The number of carbonyl (C=O) groups excluding carboxylic acids is 1. The summed E-state index contributed by atoms with van der Waals surface area (Å²) in [5.74, 6) is 0.281. The molecule has 0 saturated heterocycles. The van der Waals surface area contributed by atoms with Gasteiger partial charge in [-0.25, -0.2) is 4.98 Å². The topological polar surface area (TPSA) is 79.5 Å². The molecule has 1 rings (SSSR count). The zero-order valence-electron chi connectivity index (χ0n) is 10.1. The molecule has 3 N–H and O–H groups in total. The van der Waals surface area contributed by atoms with Gasteiger partial charge < -0.3 is 15.7 Å². The van der Waals surface area contributed by atoms with Crippen LogP contribution in [-0.4, -0.2) is 40.6 Å². The molecule has 1 amide bonds. The van der Waals surface area contributed by atoms with Crippen molar-refractivity contribution in [3.63, 3.8) is 0 Å². The van der Waals surface area contributed by atoms with Gasteiger partial charge in [0.15, 0.2) is 0 Å². The second kappa shape index (κ2) is 6.85. The van der Waals surface area contributed by atoms with Gasteiger partial charge in [-0.1, -0.05) is 13.3 Å². The summed E-state index contributed by atoms with van der Waals surface area (Å²) in [5.41, 5.74) is 5.97. The zero-order chi connectivity index (χ0) is 12.7. The van der Waals surface area contributed by atoms with Gasteiger partial charge in [-0.3, -0.25) is 4.79 Å². The molecule has 5 nitrogen and oxygen atoms in total. The van der Waals surface area contributed by atoms with E-state index in [4.69, 9.17) is 10.8 Å². The van der Waals surface area contributed by atoms with Gasteiger partial charge in [0.05, 0.1) is 12.2 Å². The number of pyridine rings is 1. The minimum Gasteiger partial charge on any atom is -0.395 e. The van der Waals surface area contributed by atoms with E-state index in [0.29, 0.717) is 24.5 Å². The Morgan fingerprint density at radius 2 is 2.24 bits per heavy atom. The summed E-state index contributed by atoms with van der Waals surface area (Å²) < 4.78 is 0. The highest BCUT2D eigenvalue weighted by Gasteiger charge is 2.14. The number of nitrogens with zero attached hydrogens (tertiary/aromatic N) is 2. The molecule has 1 heterocycles. The molecule has 0 fully saturated rings. The third-order valence-corrected chi connectivity index (χ3v) is 2.47. The van der Waals surface area contributed by atoms with Crippen molar-refractivity contribution in [1.82, 2.24) is 9.88 Å². The van der Waals surface area contributed by atoms with E-state index >= 15 is 0 Å². The lowest BCUT2D eigenvalue weighted by molar-refractivity contribution is 0.0719. The van der Waals surface area contributed by atoms with E-state index in [0.717, 1.165) is 12.8 Å². The van der Waals surface area contributed by atoms with Crippen LogP contribution in [0.5, 0.6) is 0 Å². The quantitative estimate of drug-likeness (QED) is 0.770. The zero-order valence-corrected chi connectivity index (χ0v) is 10.1. The van der Waals surface area contributed by atoms with Crippen molar-refractivity contribution in [1.29, 1.82) is 0 Å². The van der Waals surface area contributed by atoms with Crippen LogP contribution < -0.4 is 5.73 Å². The van der Waals surface area contributed by atoms with E-state index in [1.165, 1.54) is 6.20 Å². The van der Waals surface area contributed by atoms with Gasteiger partial charge >= 0.3 is 0 Å². The molecule has 0 aliphatic carbocycles. The lowest BCUT2D eigenvalue weighted by Gasteiger charge is -2.21. The molecule has 1 aromatic rings. The molecule has 0 spiro atoms. The summed E-state index contributed by atoms with van der Waals surface area (Å²) in [5, 5.41) is 8.95. The molecule has 0 aliphatic rings. The SMILES string of the molecule is CCCCN(CCO)C(=O)c1ccc(N)nc1. The number of hydrogen-bond acceptors (Lipinski definition) is 4. The summed E-state index contributed by atoms with van der Waals surface area (Å²) in [6, 6.07) is 3.26. The van der Waals surface area contributed by atoms with Crippen LogP contribution in [0.3, 0.4) is 0 Å². The molecule has 1 aromatic heterocycles. The highest BCUT2D eigenvalue weighted by Crippen LogP contribution is 2.07. The van der Waals surface area contributed by atoms with Gasteiger partial charge in [-0.05, 0) is 18.6 Å². The molecule has 0 aliphatic heterocycles. The predicted octanol–water partition coefficient (Wildman–Crippen LogP) is 0.898. The highest BCUT2D eigenvalue weighted by molar-refractivity contribution is 5.94. The van der Waals surface area contributed by atoms with Crippen LogP contribution in [0, 0.1) is 0 Å². The van der Waals surface area contributed by atoms with Gasteiger partial charge in [-0.2, -0.15) is 0 Å². The number of anilines is 1. The number of aromatic nitrogens is 1. The molecule has 0 bridgehead atoms. The van der Waals surface area contributed by atoms with Crippen LogP contribution in [0.4, 0.5) is 5.82 Å². The molecule has 5 heteroatoms. The smallest absolute Gasteiger partial charge is 0.255 e. The lowest BCUT2D eigenvalue weighted by atomic mass is 10.2. The molecule has 94 valence electrons. The molecule has 17 heavy (non-hydrogen) atoms. The number of aliphatic hydroxyl groups is 1. The van der Waals surface area contributed by atoms with Crippen LogP contribution in [0.1, 0.15) is 30.1 Å². The van der Waals surface area contributed by atoms with E-state index in [1.807, 2.05) is 0 Å². The number of carbonyl (C=O) groups is 1. The molecular weight excluding hydrogens is 218 g/mol. The molecule has 0 atom stereocenters. The van der Waals surface area contributed by atoms with Crippen LogP contribution >= 0.6 is 0 Å². The number of amides is 1. The predicted molar refractivity (Wildman–Crippen MR) is 66.5 cm³/mol. The Kier molecular flexibility index (Phi) is 5.42. The maximum absolute atomic E-state index is 12.1.